The molecule has 0 aliphatic carbocycles. The normalized spacial score (nSPS) is 10.5. The molecule has 0 bridgehead atoms. The van der Waals surface area contributed by atoms with Crippen molar-refractivity contribution >= 4 is 5.91 Å². The van der Waals surface area contributed by atoms with Gasteiger partial charge in [-0.2, -0.15) is 0 Å². The SMILES string of the molecule is COc1ccc(CC(=O)N(C)CCN(C)C)cc1. The van der Waals surface area contributed by atoms with Crippen LogP contribution in [0.25, 0.3) is 0 Å². The molecule has 4 heteroatoms. The Morgan fingerprint density at radius 1 is 1.11 bits per heavy atom. The molecule has 0 saturated carbocycles. The first-order valence-electron chi connectivity index (χ1n) is 6.04. The molecule has 0 heterocycles. The molecule has 0 radical (unpaired) electrons. The van der Waals surface area contributed by atoms with E-state index in [0.29, 0.717) is 6.42 Å². The Morgan fingerprint density at radius 3 is 2.22 bits per heavy atom. The highest BCUT2D eigenvalue weighted by Gasteiger charge is 2.09. The van der Waals surface area contributed by atoms with E-state index in [1.54, 1.807) is 12.0 Å². The van der Waals surface area contributed by atoms with Crippen LogP contribution in [0.15, 0.2) is 24.3 Å². The lowest BCUT2D eigenvalue weighted by Crippen LogP contribution is -2.34. The van der Waals surface area contributed by atoms with Crippen molar-refractivity contribution in [1.82, 2.24) is 9.80 Å². The first-order valence-corrected chi connectivity index (χ1v) is 6.04. The number of hydrogen-bond donors (Lipinski definition) is 0. The number of ether oxygens (including phenoxy) is 1. The van der Waals surface area contributed by atoms with Gasteiger partial charge in [0, 0.05) is 20.1 Å². The molecular formula is C14H22N2O2. The summed E-state index contributed by atoms with van der Waals surface area (Å²) in [6, 6.07) is 7.61. The summed E-state index contributed by atoms with van der Waals surface area (Å²) in [4.78, 5) is 15.8. The molecule has 0 unspecified atom stereocenters. The monoisotopic (exact) mass is 250 g/mol. The third-order valence-electron chi connectivity index (χ3n) is 2.82. The predicted molar refractivity (Wildman–Crippen MR) is 72.9 cm³/mol. The highest BCUT2D eigenvalue weighted by molar-refractivity contribution is 5.78. The van der Waals surface area contributed by atoms with Crippen molar-refractivity contribution in [2.75, 3.05) is 41.3 Å². The topological polar surface area (TPSA) is 32.8 Å². The molecule has 0 aliphatic rings. The minimum atomic E-state index is 0.141. The van der Waals surface area contributed by atoms with Gasteiger partial charge in [0.25, 0.3) is 0 Å². The number of rotatable bonds is 6. The Balaban J connectivity index is 2.47. The average molecular weight is 250 g/mol. The van der Waals surface area contributed by atoms with Gasteiger partial charge in [-0.1, -0.05) is 12.1 Å². The van der Waals surface area contributed by atoms with Crippen LogP contribution in [-0.4, -0.2) is 57.0 Å². The zero-order chi connectivity index (χ0) is 13.5. The Hall–Kier alpha value is -1.55. The smallest absolute Gasteiger partial charge is 0.226 e. The van der Waals surface area contributed by atoms with Gasteiger partial charge in [-0.25, -0.2) is 0 Å². The van der Waals surface area contributed by atoms with E-state index in [1.807, 2.05) is 45.4 Å². The number of carbonyl (C=O) groups is 1. The molecule has 4 nitrogen and oxygen atoms in total. The summed E-state index contributed by atoms with van der Waals surface area (Å²) in [7, 11) is 7.48. The van der Waals surface area contributed by atoms with Crippen LogP contribution in [0, 0.1) is 0 Å². The fourth-order valence-electron chi connectivity index (χ4n) is 1.53. The molecule has 0 spiro atoms. The predicted octanol–water partition coefficient (Wildman–Crippen LogP) is 1.26. The minimum Gasteiger partial charge on any atom is -0.497 e. The van der Waals surface area contributed by atoms with E-state index in [2.05, 4.69) is 4.90 Å². The van der Waals surface area contributed by atoms with Crippen molar-refractivity contribution in [3.05, 3.63) is 29.8 Å². The molecule has 0 aromatic heterocycles. The van der Waals surface area contributed by atoms with Crippen LogP contribution in [-0.2, 0) is 11.2 Å². The van der Waals surface area contributed by atoms with Crippen LogP contribution in [0.3, 0.4) is 0 Å². The van der Waals surface area contributed by atoms with Crippen LogP contribution >= 0.6 is 0 Å². The summed E-state index contributed by atoms with van der Waals surface area (Å²) in [6.07, 6.45) is 0.438. The lowest BCUT2D eigenvalue weighted by molar-refractivity contribution is -0.129. The Morgan fingerprint density at radius 2 is 1.72 bits per heavy atom. The van der Waals surface area contributed by atoms with Gasteiger partial charge in [0.1, 0.15) is 5.75 Å². The number of nitrogens with zero attached hydrogens (tertiary/aromatic N) is 2. The molecule has 1 aromatic rings. The van der Waals surface area contributed by atoms with E-state index in [-0.39, 0.29) is 5.91 Å². The van der Waals surface area contributed by atoms with Gasteiger partial charge >= 0.3 is 0 Å². The van der Waals surface area contributed by atoms with Crippen LogP contribution in [0.1, 0.15) is 5.56 Å². The van der Waals surface area contributed by atoms with Crippen LogP contribution in [0.2, 0.25) is 0 Å². The Bertz CT molecular complexity index is 374. The van der Waals surface area contributed by atoms with Crippen molar-refractivity contribution < 1.29 is 9.53 Å². The maximum Gasteiger partial charge on any atom is 0.226 e. The van der Waals surface area contributed by atoms with E-state index in [9.17, 15) is 4.79 Å². The summed E-state index contributed by atoms with van der Waals surface area (Å²) in [5, 5.41) is 0. The molecule has 0 saturated heterocycles. The van der Waals surface area contributed by atoms with Gasteiger partial charge in [0.2, 0.25) is 5.91 Å². The summed E-state index contributed by atoms with van der Waals surface area (Å²) >= 11 is 0. The van der Waals surface area contributed by atoms with Gasteiger partial charge in [-0.05, 0) is 31.8 Å². The molecule has 0 fully saturated rings. The number of carbonyl (C=O) groups excluding carboxylic acids is 1. The lowest BCUT2D eigenvalue weighted by atomic mass is 10.1. The molecule has 1 aromatic carbocycles. The number of hydrogen-bond acceptors (Lipinski definition) is 3. The first kappa shape index (κ1) is 14.5. The first-order chi connectivity index (χ1) is 8.52. The number of methoxy groups -OCH3 is 1. The van der Waals surface area contributed by atoms with Gasteiger partial charge in [-0.3, -0.25) is 4.79 Å². The standard InChI is InChI=1S/C14H22N2O2/c1-15(2)9-10-16(3)14(17)11-12-5-7-13(18-4)8-6-12/h5-8H,9-11H2,1-4H3. The second-order valence-electron chi connectivity index (χ2n) is 4.64. The van der Waals surface area contributed by atoms with Crippen molar-refractivity contribution in [1.29, 1.82) is 0 Å². The fourth-order valence-corrected chi connectivity index (χ4v) is 1.53. The van der Waals surface area contributed by atoms with E-state index in [1.165, 1.54) is 0 Å². The average Bonchev–Trinajstić information content (AvgIpc) is 2.36. The Labute approximate surface area is 109 Å². The van der Waals surface area contributed by atoms with Crippen molar-refractivity contribution in [2.45, 2.75) is 6.42 Å². The van der Waals surface area contributed by atoms with Crippen molar-refractivity contribution in [3.8, 4) is 5.75 Å². The van der Waals surface area contributed by atoms with Gasteiger partial charge in [0.15, 0.2) is 0 Å². The zero-order valence-corrected chi connectivity index (χ0v) is 11.6. The highest BCUT2D eigenvalue weighted by Crippen LogP contribution is 2.12. The summed E-state index contributed by atoms with van der Waals surface area (Å²) in [5.74, 6) is 0.953. The third kappa shape index (κ3) is 4.75. The molecule has 18 heavy (non-hydrogen) atoms. The molecule has 0 aliphatic heterocycles. The van der Waals surface area contributed by atoms with Gasteiger partial charge < -0.3 is 14.5 Å². The molecule has 1 amide bonds. The molecule has 0 N–H and O–H groups in total. The van der Waals surface area contributed by atoms with Gasteiger partial charge in [-0.15, -0.1) is 0 Å². The van der Waals surface area contributed by atoms with Crippen molar-refractivity contribution in [3.63, 3.8) is 0 Å². The van der Waals surface area contributed by atoms with E-state index in [4.69, 9.17) is 4.74 Å². The van der Waals surface area contributed by atoms with Crippen LogP contribution < -0.4 is 4.74 Å². The van der Waals surface area contributed by atoms with Crippen molar-refractivity contribution in [2.24, 2.45) is 0 Å². The second-order valence-corrected chi connectivity index (χ2v) is 4.64. The van der Waals surface area contributed by atoms with Crippen LogP contribution in [0.5, 0.6) is 5.75 Å². The Kier molecular flexibility index (Phi) is 5.65. The molecule has 1 rings (SSSR count). The largest absolute Gasteiger partial charge is 0.497 e. The summed E-state index contributed by atoms with van der Waals surface area (Å²) in [6.45, 7) is 1.63. The number of amides is 1. The molecular weight excluding hydrogens is 228 g/mol. The summed E-state index contributed by atoms with van der Waals surface area (Å²) < 4.78 is 5.09. The van der Waals surface area contributed by atoms with Gasteiger partial charge in [0.05, 0.1) is 13.5 Å². The fraction of sp³-hybridized carbons (Fsp3) is 0.500. The third-order valence-corrected chi connectivity index (χ3v) is 2.82. The van der Waals surface area contributed by atoms with E-state index in [0.717, 1.165) is 24.4 Å². The number of benzene rings is 1. The summed E-state index contributed by atoms with van der Waals surface area (Å²) in [5.41, 5.74) is 1.01. The van der Waals surface area contributed by atoms with E-state index >= 15 is 0 Å². The maximum absolute atomic E-state index is 12.0. The number of likely N-dealkylation sites (N-methyl/N-ethyl adjacent to an activating group) is 2. The second kappa shape index (κ2) is 7.01. The molecule has 100 valence electrons. The zero-order valence-electron chi connectivity index (χ0n) is 11.6. The molecule has 0 atom stereocenters. The maximum atomic E-state index is 12.0. The lowest BCUT2D eigenvalue weighted by Gasteiger charge is -2.19. The highest BCUT2D eigenvalue weighted by atomic mass is 16.5. The van der Waals surface area contributed by atoms with E-state index < -0.39 is 0 Å². The minimum absolute atomic E-state index is 0.141. The van der Waals surface area contributed by atoms with Crippen LogP contribution in [0.4, 0.5) is 0 Å². The quantitative estimate of drug-likeness (QED) is 0.762.